The van der Waals surface area contributed by atoms with Crippen molar-refractivity contribution in [1.82, 2.24) is 4.90 Å². The van der Waals surface area contributed by atoms with E-state index < -0.39 is 0 Å². The van der Waals surface area contributed by atoms with Crippen LogP contribution in [0.3, 0.4) is 0 Å². The first-order valence-corrected chi connectivity index (χ1v) is 6.88. The summed E-state index contributed by atoms with van der Waals surface area (Å²) in [4.78, 5) is 2.36. The summed E-state index contributed by atoms with van der Waals surface area (Å²) in [7, 11) is 3.83. The van der Waals surface area contributed by atoms with E-state index in [1.807, 2.05) is 24.3 Å². The Balaban J connectivity index is 1.85. The van der Waals surface area contributed by atoms with Gasteiger partial charge in [0.2, 0.25) is 0 Å². The van der Waals surface area contributed by atoms with Crippen molar-refractivity contribution in [3.8, 4) is 11.5 Å². The maximum atomic E-state index is 5.89. The van der Waals surface area contributed by atoms with Crippen molar-refractivity contribution in [2.75, 3.05) is 40.4 Å². The van der Waals surface area contributed by atoms with Crippen LogP contribution >= 0.6 is 0 Å². The molecule has 2 N–H and O–H groups in total. The highest BCUT2D eigenvalue weighted by molar-refractivity contribution is 5.31. The molecule has 1 aliphatic rings. The van der Waals surface area contributed by atoms with E-state index in [0.29, 0.717) is 25.0 Å². The summed E-state index contributed by atoms with van der Waals surface area (Å²) in [5.41, 5.74) is 5.89. The van der Waals surface area contributed by atoms with Gasteiger partial charge in [-0.1, -0.05) is 0 Å². The maximum Gasteiger partial charge on any atom is 0.119 e. The third-order valence-electron chi connectivity index (χ3n) is 3.92. The Bertz CT molecular complexity index is 380. The van der Waals surface area contributed by atoms with E-state index in [4.69, 9.17) is 15.2 Å². The summed E-state index contributed by atoms with van der Waals surface area (Å²) in [5, 5.41) is 0. The molecule has 1 fully saturated rings. The Morgan fingerprint density at radius 1 is 1.32 bits per heavy atom. The quantitative estimate of drug-likeness (QED) is 0.848. The molecule has 0 bridgehead atoms. The first-order valence-electron chi connectivity index (χ1n) is 6.88. The van der Waals surface area contributed by atoms with Gasteiger partial charge in [-0.2, -0.15) is 0 Å². The summed E-state index contributed by atoms with van der Waals surface area (Å²) in [6, 6.07) is 7.70. The highest BCUT2D eigenvalue weighted by Crippen LogP contribution is 2.24. The Hall–Kier alpha value is -1.26. The van der Waals surface area contributed by atoms with E-state index in [0.717, 1.165) is 18.0 Å². The summed E-state index contributed by atoms with van der Waals surface area (Å²) in [6.07, 6.45) is 1.23. The van der Waals surface area contributed by atoms with Gasteiger partial charge in [-0.3, -0.25) is 0 Å². The van der Waals surface area contributed by atoms with E-state index >= 15 is 0 Å². The molecule has 0 spiro atoms. The average Bonchev–Trinajstić information content (AvgIpc) is 2.87. The van der Waals surface area contributed by atoms with Crippen LogP contribution in [0.1, 0.15) is 6.42 Å². The van der Waals surface area contributed by atoms with Crippen molar-refractivity contribution in [3.63, 3.8) is 0 Å². The van der Waals surface area contributed by atoms with Crippen LogP contribution in [0.2, 0.25) is 0 Å². The molecule has 0 amide bonds. The number of rotatable bonds is 6. The van der Waals surface area contributed by atoms with E-state index in [1.54, 1.807) is 7.11 Å². The van der Waals surface area contributed by atoms with E-state index in [1.165, 1.54) is 13.0 Å². The molecule has 2 rings (SSSR count). The Labute approximate surface area is 115 Å². The summed E-state index contributed by atoms with van der Waals surface area (Å²) < 4.78 is 11.0. The fourth-order valence-corrected chi connectivity index (χ4v) is 2.63. The summed E-state index contributed by atoms with van der Waals surface area (Å²) >= 11 is 0. The van der Waals surface area contributed by atoms with Crippen LogP contribution in [-0.4, -0.2) is 45.3 Å². The predicted molar refractivity (Wildman–Crippen MR) is 76.6 cm³/mol. The lowest BCUT2D eigenvalue weighted by Crippen LogP contribution is -2.30. The molecule has 2 atom stereocenters. The second-order valence-electron chi connectivity index (χ2n) is 5.29. The molecule has 1 aliphatic heterocycles. The minimum atomic E-state index is 0.437. The first kappa shape index (κ1) is 14.2. The number of hydrogen-bond donors (Lipinski definition) is 1. The number of methoxy groups -OCH3 is 1. The van der Waals surface area contributed by atoms with Crippen LogP contribution in [0.15, 0.2) is 24.3 Å². The van der Waals surface area contributed by atoms with Crippen LogP contribution in [0.4, 0.5) is 0 Å². The molecule has 4 nitrogen and oxygen atoms in total. The first-order chi connectivity index (χ1) is 9.22. The Morgan fingerprint density at radius 2 is 2.00 bits per heavy atom. The van der Waals surface area contributed by atoms with Crippen LogP contribution in [0, 0.1) is 11.8 Å². The van der Waals surface area contributed by atoms with Gasteiger partial charge in [0.15, 0.2) is 0 Å². The standard InChI is InChI=1S/C15H24N2O2/c1-17-8-7-12(10-17)13(9-16)11-19-15-5-3-14(18-2)4-6-15/h3-6,12-13H,7-11,16H2,1-2H3. The number of nitrogens with two attached hydrogens (primary N) is 1. The molecule has 106 valence electrons. The minimum Gasteiger partial charge on any atom is -0.497 e. The number of nitrogens with zero attached hydrogens (tertiary/aromatic N) is 1. The van der Waals surface area contributed by atoms with Crippen molar-refractivity contribution in [2.24, 2.45) is 17.6 Å². The zero-order valence-electron chi connectivity index (χ0n) is 11.8. The predicted octanol–water partition coefficient (Wildman–Crippen LogP) is 1.60. The molecule has 1 heterocycles. The summed E-state index contributed by atoms with van der Waals surface area (Å²) in [5.74, 6) is 2.83. The number of hydrogen-bond acceptors (Lipinski definition) is 4. The van der Waals surface area contributed by atoms with Crippen molar-refractivity contribution < 1.29 is 9.47 Å². The molecular weight excluding hydrogens is 240 g/mol. The largest absolute Gasteiger partial charge is 0.497 e. The van der Waals surface area contributed by atoms with Gasteiger partial charge in [-0.05, 0) is 56.7 Å². The Kier molecular flexibility index (Phi) is 5.05. The van der Waals surface area contributed by atoms with Gasteiger partial charge < -0.3 is 20.1 Å². The van der Waals surface area contributed by atoms with Crippen LogP contribution < -0.4 is 15.2 Å². The lowest BCUT2D eigenvalue weighted by atomic mass is 9.92. The van der Waals surface area contributed by atoms with Gasteiger partial charge in [0, 0.05) is 12.5 Å². The molecule has 1 saturated heterocycles. The monoisotopic (exact) mass is 264 g/mol. The number of ether oxygens (including phenoxy) is 2. The van der Waals surface area contributed by atoms with Gasteiger partial charge in [0.1, 0.15) is 11.5 Å². The molecule has 4 heteroatoms. The topological polar surface area (TPSA) is 47.7 Å². The third kappa shape index (κ3) is 3.85. The van der Waals surface area contributed by atoms with Gasteiger partial charge >= 0.3 is 0 Å². The zero-order chi connectivity index (χ0) is 13.7. The molecule has 0 aromatic heterocycles. The van der Waals surface area contributed by atoms with Crippen LogP contribution in [-0.2, 0) is 0 Å². The third-order valence-corrected chi connectivity index (χ3v) is 3.92. The second-order valence-corrected chi connectivity index (χ2v) is 5.29. The molecule has 1 aromatic carbocycles. The second kappa shape index (κ2) is 6.78. The van der Waals surface area contributed by atoms with Crippen LogP contribution in [0.5, 0.6) is 11.5 Å². The van der Waals surface area contributed by atoms with Crippen molar-refractivity contribution in [3.05, 3.63) is 24.3 Å². The Morgan fingerprint density at radius 3 is 2.53 bits per heavy atom. The van der Waals surface area contributed by atoms with Gasteiger partial charge in [-0.15, -0.1) is 0 Å². The number of likely N-dealkylation sites (tertiary alicyclic amines) is 1. The minimum absolute atomic E-state index is 0.437. The molecular formula is C15H24N2O2. The van der Waals surface area contributed by atoms with Crippen LogP contribution in [0.25, 0.3) is 0 Å². The van der Waals surface area contributed by atoms with E-state index in [2.05, 4.69) is 11.9 Å². The molecule has 19 heavy (non-hydrogen) atoms. The fourth-order valence-electron chi connectivity index (χ4n) is 2.63. The smallest absolute Gasteiger partial charge is 0.119 e. The maximum absolute atomic E-state index is 5.89. The lowest BCUT2D eigenvalue weighted by molar-refractivity contribution is 0.199. The number of benzene rings is 1. The van der Waals surface area contributed by atoms with Crippen molar-refractivity contribution >= 4 is 0 Å². The van der Waals surface area contributed by atoms with Gasteiger partial charge in [0.05, 0.1) is 13.7 Å². The molecule has 0 aliphatic carbocycles. The summed E-state index contributed by atoms with van der Waals surface area (Å²) in [6.45, 7) is 3.69. The molecule has 2 unspecified atom stereocenters. The van der Waals surface area contributed by atoms with Crippen molar-refractivity contribution in [1.29, 1.82) is 0 Å². The van der Waals surface area contributed by atoms with E-state index in [9.17, 15) is 0 Å². The average molecular weight is 264 g/mol. The van der Waals surface area contributed by atoms with Gasteiger partial charge in [0.25, 0.3) is 0 Å². The zero-order valence-corrected chi connectivity index (χ0v) is 11.8. The van der Waals surface area contributed by atoms with Gasteiger partial charge in [-0.25, -0.2) is 0 Å². The molecule has 1 aromatic rings. The van der Waals surface area contributed by atoms with Crippen molar-refractivity contribution in [2.45, 2.75) is 6.42 Å². The SMILES string of the molecule is COc1ccc(OCC(CN)C2CCN(C)C2)cc1. The highest BCUT2D eigenvalue weighted by Gasteiger charge is 2.27. The van der Waals surface area contributed by atoms with E-state index in [-0.39, 0.29) is 0 Å². The normalized spacial score (nSPS) is 21.3. The highest BCUT2D eigenvalue weighted by atomic mass is 16.5. The molecule has 0 radical (unpaired) electrons. The fraction of sp³-hybridized carbons (Fsp3) is 0.600. The lowest BCUT2D eigenvalue weighted by Gasteiger charge is -2.22. The molecule has 0 saturated carbocycles.